The molecule has 9 heteroatoms. The molecule has 0 aliphatic carbocycles. The minimum Gasteiger partial charge on any atom is -0.370 e. The molecule has 0 atom stereocenters. The highest BCUT2D eigenvalue weighted by molar-refractivity contribution is 6.06. The van der Waals surface area contributed by atoms with Gasteiger partial charge in [0.2, 0.25) is 0 Å². The molecule has 133 valence electrons. The van der Waals surface area contributed by atoms with Crippen LogP contribution in [0.5, 0.6) is 0 Å². The van der Waals surface area contributed by atoms with Gasteiger partial charge in [0.25, 0.3) is 0 Å². The summed E-state index contributed by atoms with van der Waals surface area (Å²) in [4.78, 5) is 24.6. The number of nitrogens with one attached hydrogen (secondary N) is 3. The van der Waals surface area contributed by atoms with Crippen molar-refractivity contribution in [3.05, 3.63) is 48.5 Å². The van der Waals surface area contributed by atoms with Gasteiger partial charge in [-0.25, -0.2) is 9.59 Å². The van der Waals surface area contributed by atoms with Gasteiger partial charge in [-0.1, -0.05) is 5.11 Å². The molecule has 2 amide bonds. The fraction of sp³-hybridized carbons (Fsp3) is 0.118. The van der Waals surface area contributed by atoms with Crippen molar-refractivity contribution in [1.29, 1.82) is 5.41 Å². The van der Waals surface area contributed by atoms with Gasteiger partial charge in [-0.05, 0) is 41.0 Å². The minimum atomic E-state index is -0.937. The third-order valence-corrected chi connectivity index (χ3v) is 3.59. The predicted molar refractivity (Wildman–Crippen MR) is 98.8 cm³/mol. The van der Waals surface area contributed by atoms with E-state index < -0.39 is 16.4 Å². The first kappa shape index (κ1) is 18.7. The number of nitrogens with two attached hydrogens (primary N) is 1. The summed E-state index contributed by atoms with van der Waals surface area (Å²) >= 11 is 0. The van der Waals surface area contributed by atoms with Crippen molar-refractivity contribution in [3.63, 3.8) is 0 Å². The van der Waals surface area contributed by atoms with Gasteiger partial charge in [0.15, 0.2) is 11.6 Å². The van der Waals surface area contributed by atoms with Gasteiger partial charge in [-0.15, -0.1) is 0 Å². The molecular formula is C17H19N7O2+. The molecule has 0 bridgehead atoms. The van der Waals surface area contributed by atoms with E-state index in [0.29, 0.717) is 17.1 Å². The van der Waals surface area contributed by atoms with Crippen LogP contribution in [0.25, 0.3) is 0 Å². The molecule has 0 heterocycles. The highest BCUT2D eigenvalue weighted by Gasteiger charge is 2.44. The number of quaternary nitrogens is 1. The predicted octanol–water partition coefficient (Wildman–Crippen LogP) is 3.01. The largest absolute Gasteiger partial charge is 0.370 e. The lowest BCUT2D eigenvalue weighted by Gasteiger charge is -2.22. The molecule has 1 radical (unpaired) electrons. The summed E-state index contributed by atoms with van der Waals surface area (Å²) in [5.41, 5.74) is 14.4. The average molecular weight is 353 g/mol. The maximum absolute atomic E-state index is 12.3. The van der Waals surface area contributed by atoms with Gasteiger partial charge >= 0.3 is 11.8 Å². The van der Waals surface area contributed by atoms with Crippen molar-refractivity contribution in [3.8, 4) is 0 Å². The van der Waals surface area contributed by atoms with Crippen LogP contribution in [0.4, 0.5) is 22.7 Å². The third kappa shape index (κ3) is 3.90. The normalized spacial score (nSPS) is 11.3. The standard InChI is InChI=1S/C17H19N7O2/c1-11(25)24(12(2)26,16-9-3-13(18)4-10-16)23-22-15-7-5-14(6-8-15)21-17(19)20/h3-10,18H,1-2H3,(H4,19,20,21)/q+1. The monoisotopic (exact) mass is 353 g/mol. The molecule has 26 heavy (non-hydrogen) atoms. The highest BCUT2D eigenvalue weighted by Crippen LogP contribution is 2.28. The van der Waals surface area contributed by atoms with Gasteiger partial charge in [0, 0.05) is 17.8 Å². The van der Waals surface area contributed by atoms with Crippen LogP contribution in [0.15, 0.2) is 58.9 Å². The van der Waals surface area contributed by atoms with E-state index in [-0.39, 0.29) is 11.6 Å². The van der Waals surface area contributed by atoms with Crippen LogP contribution >= 0.6 is 0 Å². The van der Waals surface area contributed by atoms with E-state index in [0.717, 1.165) is 0 Å². The van der Waals surface area contributed by atoms with Crippen molar-refractivity contribution < 1.29 is 9.59 Å². The zero-order chi connectivity index (χ0) is 19.3. The van der Waals surface area contributed by atoms with Crippen molar-refractivity contribution in [1.82, 2.24) is 10.3 Å². The first-order chi connectivity index (χ1) is 12.3. The maximum Gasteiger partial charge on any atom is 0.351 e. The number of carbonyl (C=O) groups excluding carboxylic acids is 2. The molecule has 0 saturated carbocycles. The Morgan fingerprint density at radius 1 is 1.00 bits per heavy atom. The van der Waals surface area contributed by atoms with Gasteiger partial charge < -0.3 is 16.8 Å². The molecule has 9 nitrogen and oxygen atoms in total. The Bertz CT molecular complexity index is 844. The molecular weight excluding hydrogens is 334 g/mol. The fourth-order valence-electron chi connectivity index (χ4n) is 2.33. The van der Waals surface area contributed by atoms with Crippen molar-refractivity contribution in [2.45, 2.75) is 13.8 Å². The fourth-order valence-corrected chi connectivity index (χ4v) is 2.33. The number of imide groups is 1. The molecule has 0 unspecified atom stereocenters. The molecule has 0 aliphatic rings. The van der Waals surface area contributed by atoms with Crippen molar-refractivity contribution in [2.75, 3.05) is 5.32 Å². The number of hydrogen-bond donors (Lipinski definition) is 3. The Kier molecular flexibility index (Phi) is 5.43. The number of amides is 2. The number of carbonyl (C=O) groups is 2. The first-order valence-electron chi connectivity index (χ1n) is 7.63. The average Bonchev–Trinajstić information content (AvgIpc) is 2.57. The van der Waals surface area contributed by atoms with Crippen LogP contribution in [0.3, 0.4) is 0 Å². The van der Waals surface area contributed by atoms with E-state index in [1.165, 1.54) is 38.1 Å². The summed E-state index contributed by atoms with van der Waals surface area (Å²) in [6.45, 7) is 2.52. The van der Waals surface area contributed by atoms with E-state index in [1.54, 1.807) is 24.3 Å². The quantitative estimate of drug-likeness (QED) is 0.255. The topological polar surface area (TPSA) is 145 Å². The Balaban J connectivity index is 2.42. The van der Waals surface area contributed by atoms with Gasteiger partial charge in [0.05, 0.1) is 30.4 Å². The summed E-state index contributed by atoms with van der Waals surface area (Å²) in [6.07, 6.45) is 0. The third-order valence-electron chi connectivity index (χ3n) is 3.59. The second kappa shape index (κ2) is 7.53. The van der Waals surface area contributed by atoms with Gasteiger partial charge in [0.1, 0.15) is 0 Å². The Morgan fingerprint density at radius 2 is 1.54 bits per heavy atom. The second-order valence-electron chi connectivity index (χ2n) is 5.50. The van der Waals surface area contributed by atoms with Crippen molar-refractivity contribution >= 4 is 40.5 Å². The molecule has 5 N–H and O–H groups in total. The van der Waals surface area contributed by atoms with Crippen LogP contribution in [0, 0.1) is 5.41 Å². The van der Waals surface area contributed by atoms with Crippen LogP contribution in [-0.2, 0) is 9.59 Å². The van der Waals surface area contributed by atoms with E-state index in [4.69, 9.17) is 16.9 Å². The summed E-state index contributed by atoms with van der Waals surface area (Å²) in [6, 6.07) is 12.5. The zero-order valence-corrected chi connectivity index (χ0v) is 14.4. The van der Waals surface area contributed by atoms with Crippen LogP contribution in [0.1, 0.15) is 13.8 Å². The molecule has 0 fully saturated rings. The Labute approximate surface area is 150 Å². The van der Waals surface area contributed by atoms with E-state index in [9.17, 15) is 9.59 Å². The summed E-state index contributed by atoms with van der Waals surface area (Å²) in [5, 5.41) is 17.9. The van der Waals surface area contributed by atoms with E-state index in [2.05, 4.69) is 15.7 Å². The molecule has 0 aliphatic heterocycles. The number of rotatable bonds is 4. The number of benzene rings is 2. The molecule has 0 spiro atoms. The summed E-state index contributed by atoms with van der Waals surface area (Å²) in [7, 11) is 0. The first-order valence-corrected chi connectivity index (χ1v) is 7.63. The summed E-state index contributed by atoms with van der Waals surface area (Å²) < 4.78 is -0.937. The smallest absolute Gasteiger partial charge is 0.351 e. The number of guanidine groups is 1. The highest BCUT2D eigenvalue weighted by atomic mass is 16.2. The molecule has 2 aromatic rings. The number of hydrogen-bond acceptors (Lipinski definition) is 5. The van der Waals surface area contributed by atoms with Crippen LogP contribution in [0.2, 0.25) is 0 Å². The van der Waals surface area contributed by atoms with Gasteiger partial charge in [-0.3, -0.25) is 5.41 Å². The minimum absolute atomic E-state index is 0.193. The lowest BCUT2D eigenvalue weighted by Crippen LogP contribution is -2.51. The molecule has 2 rings (SSSR count). The zero-order valence-electron chi connectivity index (χ0n) is 14.4. The van der Waals surface area contributed by atoms with E-state index >= 15 is 0 Å². The lowest BCUT2D eigenvalue weighted by molar-refractivity contribution is -0.141. The number of anilines is 1. The molecule has 0 aromatic heterocycles. The Morgan fingerprint density at radius 3 is 2.00 bits per heavy atom. The van der Waals surface area contributed by atoms with Crippen LogP contribution < -0.4 is 21.4 Å². The molecule has 0 saturated heterocycles. The van der Waals surface area contributed by atoms with Crippen LogP contribution in [-0.4, -0.2) is 17.8 Å². The maximum atomic E-state index is 12.3. The number of nitrogens with zero attached hydrogens (tertiary/aromatic N) is 3. The van der Waals surface area contributed by atoms with Crippen molar-refractivity contribution in [2.24, 2.45) is 16.1 Å². The molecule has 2 aromatic carbocycles. The summed E-state index contributed by atoms with van der Waals surface area (Å²) in [5.74, 6) is -1.23. The lowest BCUT2D eigenvalue weighted by atomic mass is 10.2. The van der Waals surface area contributed by atoms with Gasteiger partial charge in [-0.2, -0.15) is 0 Å². The SMILES string of the molecule is CC(=O)[N+](N=Nc1ccc(NC(=N)N)cc1)(C(C)=O)c1ccc([NH])cc1. The second-order valence-corrected chi connectivity index (χ2v) is 5.50. The Hall–Kier alpha value is -3.59. The van der Waals surface area contributed by atoms with E-state index in [1.807, 2.05) is 0 Å².